The van der Waals surface area contributed by atoms with Gasteiger partial charge in [0.25, 0.3) is 5.91 Å². The summed E-state index contributed by atoms with van der Waals surface area (Å²) in [6.45, 7) is 0.757. The van der Waals surface area contributed by atoms with E-state index in [0.717, 1.165) is 35.3 Å². The Bertz CT molecular complexity index is 1220. The first kappa shape index (κ1) is 23.9. The largest absolute Gasteiger partial charge is 0.496 e. The maximum atomic E-state index is 13.6. The smallest absolute Gasteiger partial charge is 0.303 e. The van der Waals surface area contributed by atoms with E-state index >= 15 is 0 Å². The third-order valence-corrected chi connectivity index (χ3v) is 6.24. The number of amides is 1. The van der Waals surface area contributed by atoms with Crippen LogP contribution in [0.15, 0.2) is 72.8 Å². The van der Waals surface area contributed by atoms with Gasteiger partial charge in [-0.25, -0.2) is 0 Å². The van der Waals surface area contributed by atoms with Gasteiger partial charge in [0.2, 0.25) is 0 Å². The number of rotatable bonds is 13. The van der Waals surface area contributed by atoms with Gasteiger partial charge in [-0.05, 0) is 61.9 Å². The van der Waals surface area contributed by atoms with E-state index in [0.29, 0.717) is 37.2 Å². The van der Waals surface area contributed by atoms with Crippen molar-refractivity contribution in [1.82, 2.24) is 4.90 Å². The van der Waals surface area contributed by atoms with Crippen LogP contribution in [0.3, 0.4) is 0 Å². The summed E-state index contributed by atoms with van der Waals surface area (Å²) in [6.07, 6.45) is 3.61. The molecule has 188 valence electrons. The molecule has 0 heterocycles. The standard InChI is InChI=1S/C30H33NO5/c1-35-28-12-7-5-10-26(28)22-14-16-23(17-15-22)30(34)31(25-18-19-25)21-24-9-4-6-11-27(24)36-20-8-2-3-13-29(32)33/h4-7,9-12,14-17,25H,2-3,8,13,18-21H2,1H3,(H,32,33)/i25D. The Morgan fingerprint density at radius 1 is 0.944 bits per heavy atom. The van der Waals surface area contributed by atoms with Crippen LogP contribution >= 0.6 is 0 Å². The zero-order valence-corrected chi connectivity index (χ0v) is 20.6. The van der Waals surface area contributed by atoms with E-state index in [-0.39, 0.29) is 18.9 Å². The summed E-state index contributed by atoms with van der Waals surface area (Å²) in [7, 11) is 1.64. The lowest BCUT2D eigenvalue weighted by Crippen LogP contribution is -2.32. The monoisotopic (exact) mass is 488 g/mol. The number of unbranched alkanes of at least 4 members (excludes halogenated alkanes) is 2. The van der Waals surface area contributed by atoms with Crippen LogP contribution in [-0.2, 0) is 11.3 Å². The van der Waals surface area contributed by atoms with Crippen molar-refractivity contribution < 1.29 is 25.5 Å². The Balaban J connectivity index is 1.46. The van der Waals surface area contributed by atoms with Gasteiger partial charge in [-0.3, -0.25) is 9.59 Å². The second kappa shape index (κ2) is 12.2. The molecule has 0 atom stereocenters. The van der Waals surface area contributed by atoms with Crippen LogP contribution in [0.25, 0.3) is 11.1 Å². The quantitative estimate of drug-likeness (QED) is 0.290. The molecule has 0 radical (unpaired) electrons. The molecule has 6 nitrogen and oxygen atoms in total. The number of methoxy groups -OCH3 is 1. The molecule has 1 aliphatic carbocycles. The molecule has 3 aromatic rings. The first-order valence-corrected chi connectivity index (χ1v) is 12.4. The first-order valence-electron chi connectivity index (χ1n) is 12.9. The fraction of sp³-hybridized carbons (Fsp3) is 0.333. The van der Waals surface area contributed by atoms with Crippen LogP contribution in [0.2, 0.25) is 0 Å². The third kappa shape index (κ3) is 6.66. The van der Waals surface area contributed by atoms with E-state index < -0.39 is 12.0 Å². The predicted octanol–water partition coefficient (Wildman–Crippen LogP) is 6.19. The summed E-state index contributed by atoms with van der Waals surface area (Å²) in [6, 6.07) is 21.9. The molecule has 0 unspecified atom stereocenters. The minimum Gasteiger partial charge on any atom is -0.496 e. The second-order valence-electron chi connectivity index (χ2n) is 8.90. The van der Waals surface area contributed by atoms with Crippen molar-refractivity contribution in [1.29, 1.82) is 0 Å². The first-order chi connectivity index (χ1) is 17.9. The van der Waals surface area contributed by atoms with Crippen LogP contribution in [0.4, 0.5) is 0 Å². The van der Waals surface area contributed by atoms with Gasteiger partial charge in [-0.1, -0.05) is 48.5 Å². The van der Waals surface area contributed by atoms with Gasteiger partial charge in [0.05, 0.1) is 15.1 Å². The highest BCUT2D eigenvalue weighted by molar-refractivity contribution is 5.95. The van der Waals surface area contributed by atoms with Gasteiger partial charge in [-0.15, -0.1) is 0 Å². The maximum Gasteiger partial charge on any atom is 0.303 e. The van der Waals surface area contributed by atoms with Gasteiger partial charge in [0.1, 0.15) is 11.5 Å². The number of hydrogen-bond acceptors (Lipinski definition) is 4. The lowest BCUT2D eigenvalue weighted by Gasteiger charge is -2.24. The molecule has 0 aliphatic heterocycles. The fourth-order valence-corrected chi connectivity index (χ4v) is 4.17. The molecular formula is C30H33NO5. The maximum absolute atomic E-state index is 13.6. The van der Waals surface area contributed by atoms with E-state index in [1.807, 2.05) is 72.8 Å². The Morgan fingerprint density at radius 3 is 2.33 bits per heavy atom. The van der Waals surface area contributed by atoms with Crippen LogP contribution in [0.1, 0.15) is 55.8 Å². The molecule has 1 saturated carbocycles. The number of hydrogen-bond donors (Lipinski definition) is 1. The summed E-state index contributed by atoms with van der Waals surface area (Å²) < 4.78 is 20.2. The summed E-state index contributed by atoms with van der Waals surface area (Å²) >= 11 is 0. The minimum absolute atomic E-state index is 0.166. The normalized spacial score (nSPS) is 14.0. The lowest BCUT2D eigenvalue weighted by atomic mass is 10.0. The van der Waals surface area contributed by atoms with E-state index in [1.165, 1.54) is 0 Å². The van der Waals surface area contributed by atoms with Gasteiger partial charge < -0.3 is 19.5 Å². The number of nitrogens with zero attached hydrogens (tertiary/aromatic N) is 1. The molecule has 0 spiro atoms. The summed E-state index contributed by atoms with van der Waals surface area (Å²) in [5.41, 5.74) is 3.29. The van der Waals surface area contributed by atoms with Crippen molar-refractivity contribution in [2.45, 2.75) is 51.1 Å². The Hall–Kier alpha value is -3.80. The zero-order valence-electron chi connectivity index (χ0n) is 21.6. The molecule has 0 bridgehead atoms. The fourth-order valence-electron chi connectivity index (χ4n) is 4.17. The van der Waals surface area contributed by atoms with Crippen LogP contribution in [0.5, 0.6) is 11.5 Å². The predicted molar refractivity (Wildman–Crippen MR) is 139 cm³/mol. The van der Waals surface area contributed by atoms with Crippen LogP contribution in [0, 0.1) is 0 Å². The SMILES string of the molecule is [2H]C1(N(Cc2ccccc2OCCCCCC(=O)O)C(=O)c2ccc(-c3ccccc3OC)cc2)CC1. The molecule has 1 aliphatic rings. The van der Waals surface area contributed by atoms with Gasteiger partial charge in [0.15, 0.2) is 0 Å². The number of carboxylic acids is 1. The van der Waals surface area contributed by atoms with E-state index in [9.17, 15) is 9.59 Å². The van der Waals surface area contributed by atoms with E-state index in [4.69, 9.17) is 16.0 Å². The molecule has 0 aromatic heterocycles. The third-order valence-electron chi connectivity index (χ3n) is 6.24. The van der Waals surface area contributed by atoms with Crippen molar-refractivity contribution in [2.24, 2.45) is 0 Å². The average Bonchev–Trinajstić information content (AvgIpc) is 3.67. The highest BCUT2D eigenvalue weighted by Gasteiger charge is 2.33. The number of carbonyl (C=O) groups is 2. The molecule has 1 fully saturated rings. The molecule has 1 N–H and O–H groups in total. The molecule has 0 saturated heterocycles. The molecule has 4 rings (SSSR count). The number of carbonyl (C=O) groups excluding carboxylic acids is 1. The molecule has 3 aromatic carbocycles. The van der Waals surface area contributed by atoms with Crippen molar-refractivity contribution >= 4 is 11.9 Å². The Kier molecular flexibility index (Phi) is 8.14. The van der Waals surface area contributed by atoms with Crippen molar-refractivity contribution in [3.63, 3.8) is 0 Å². The van der Waals surface area contributed by atoms with Gasteiger partial charge >= 0.3 is 5.97 Å². The van der Waals surface area contributed by atoms with Crippen molar-refractivity contribution in [3.8, 4) is 22.6 Å². The van der Waals surface area contributed by atoms with Gasteiger partial charge in [-0.2, -0.15) is 0 Å². The summed E-state index contributed by atoms with van der Waals surface area (Å²) in [4.78, 5) is 25.9. The number of aliphatic carboxylic acids is 1. The van der Waals surface area contributed by atoms with Crippen molar-refractivity contribution in [3.05, 3.63) is 83.9 Å². The number of para-hydroxylation sites is 2. The summed E-state index contributed by atoms with van der Waals surface area (Å²) in [5.74, 6) is 0.497. The number of carboxylic acid groups (broad SMARTS) is 1. The molecule has 6 heteroatoms. The minimum atomic E-state index is -0.914. The van der Waals surface area contributed by atoms with E-state index in [1.54, 1.807) is 12.0 Å². The number of ether oxygens (including phenoxy) is 2. The molecule has 1 amide bonds. The highest BCUT2D eigenvalue weighted by atomic mass is 16.5. The average molecular weight is 489 g/mol. The zero-order chi connectivity index (χ0) is 26.3. The summed E-state index contributed by atoms with van der Waals surface area (Å²) in [5, 5.41) is 8.77. The second-order valence-corrected chi connectivity index (χ2v) is 8.90. The van der Waals surface area contributed by atoms with Crippen molar-refractivity contribution in [2.75, 3.05) is 13.7 Å². The van der Waals surface area contributed by atoms with Gasteiger partial charge in [0, 0.05) is 35.7 Å². The topological polar surface area (TPSA) is 76.1 Å². The van der Waals surface area contributed by atoms with Crippen LogP contribution < -0.4 is 9.47 Å². The van der Waals surface area contributed by atoms with E-state index in [2.05, 4.69) is 0 Å². The molecule has 36 heavy (non-hydrogen) atoms. The highest BCUT2D eigenvalue weighted by Crippen LogP contribution is 2.33. The Morgan fingerprint density at radius 2 is 1.64 bits per heavy atom. The molecular weight excluding hydrogens is 454 g/mol. The number of benzene rings is 3. The van der Waals surface area contributed by atoms with Crippen LogP contribution in [-0.4, -0.2) is 41.6 Å². The Labute approximate surface area is 213 Å². The lowest BCUT2D eigenvalue weighted by molar-refractivity contribution is -0.137.